The highest BCUT2D eigenvalue weighted by Gasteiger charge is 2.34. The van der Waals surface area contributed by atoms with Gasteiger partial charge in [0.15, 0.2) is 6.10 Å². The molecule has 31 heavy (non-hydrogen) atoms. The van der Waals surface area contributed by atoms with Crippen molar-refractivity contribution < 1.29 is 14.3 Å². The predicted molar refractivity (Wildman–Crippen MR) is 124 cm³/mol. The molecule has 1 N–H and O–H groups in total. The van der Waals surface area contributed by atoms with Gasteiger partial charge in [-0.15, -0.1) is 11.3 Å². The lowest BCUT2D eigenvalue weighted by molar-refractivity contribution is -0.128. The lowest BCUT2D eigenvalue weighted by Gasteiger charge is -2.34. The van der Waals surface area contributed by atoms with Gasteiger partial charge in [0.2, 0.25) is 5.91 Å². The minimum atomic E-state index is -0.603. The first-order chi connectivity index (χ1) is 14.9. The van der Waals surface area contributed by atoms with Crippen LogP contribution in [0.15, 0.2) is 41.8 Å². The number of benzene rings is 2. The minimum Gasteiger partial charge on any atom is -0.478 e. The van der Waals surface area contributed by atoms with Gasteiger partial charge in [-0.3, -0.25) is 14.5 Å². The van der Waals surface area contributed by atoms with Gasteiger partial charge in [0.25, 0.3) is 5.91 Å². The number of aryl methyl sites for hydroxylation is 3. The van der Waals surface area contributed by atoms with E-state index in [-0.39, 0.29) is 18.4 Å². The first kappa shape index (κ1) is 21.1. The van der Waals surface area contributed by atoms with E-state index < -0.39 is 6.10 Å². The molecule has 7 heteroatoms. The van der Waals surface area contributed by atoms with E-state index in [1.54, 1.807) is 11.3 Å². The normalized spacial score (nSPS) is 15.4. The van der Waals surface area contributed by atoms with Gasteiger partial charge in [-0.05, 0) is 57.0 Å². The molecule has 2 heterocycles. The molecular formula is C24H25N3O3S. The first-order valence-corrected chi connectivity index (χ1v) is 11.2. The van der Waals surface area contributed by atoms with Crippen molar-refractivity contribution in [3.63, 3.8) is 0 Å². The molecule has 1 atom stereocenters. The summed E-state index contributed by atoms with van der Waals surface area (Å²) in [5.41, 5.74) is 5.17. The molecule has 0 saturated carbocycles. The van der Waals surface area contributed by atoms with Crippen molar-refractivity contribution in [2.45, 2.75) is 40.2 Å². The molecule has 0 saturated heterocycles. The number of amides is 2. The fraction of sp³-hybridized carbons (Fsp3) is 0.292. The molecule has 0 radical (unpaired) electrons. The third-order valence-corrected chi connectivity index (χ3v) is 6.08. The van der Waals surface area contributed by atoms with Crippen molar-refractivity contribution in [2.75, 3.05) is 16.8 Å². The fourth-order valence-electron chi connectivity index (χ4n) is 3.69. The lowest BCUT2D eigenvalue weighted by atomic mass is 10.1. The van der Waals surface area contributed by atoms with Crippen LogP contribution in [0.2, 0.25) is 0 Å². The molecule has 3 aromatic rings. The van der Waals surface area contributed by atoms with Gasteiger partial charge >= 0.3 is 0 Å². The van der Waals surface area contributed by atoms with Crippen molar-refractivity contribution in [1.29, 1.82) is 0 Å². The summed E-state index contributed by atoms with van der Waals surface area (Å²) in [5, 5.41) is 5.88. The fourth-order valence-corrected chi connectivity index (χ4v) is 4.31. The summed E-state index contributed by atoms with van der Waals surface area (Å²) >= 11 is 1.57. The Kier molecular flexibility index (Phi) is 5.78. The van der Waals surface area contributed by atoms with Crippen molar-refractivity contribution in [3.8, 4) is 17.0 Å². The summed E-state index contributed by atoms with van der Waals surface area (Å²) in [6.45, 7) is 7.72. The number of thiazole rings is 1. The summed E-state index contributed by atoms with van der Waals surface area (Å²) in [5.74, 6) is 0.136. The highest BCUT2D eigenvalue weighted by Crippen LogP contribution is 2.38. The van der Waals surface area contributed by atoms with Crippen LogP contribution in [0.3, 0.4) is 0 Å². The van der Waals surface area contributed by atoms with Crippen molar-refractivity contribution in [2.24, 2.45) is 0 Å². The van der Waals surface area contributed by atoms with Crippen LogP contribution in [0.4, 0.5) is 11.4 Å². The van der Waals surface area contributed by atoms with Crippen LogP contribution in [0.25, 0.3) is 11.3 Å². The Hall–Kier alpha value is -3.19. The van der Waals surface area contributed by atoms with E-state index in [1.165, 1.54) is 4.90 Å². The number of aromatic nitrogens is 1. The molecule has 0 aliphatic carbocycles. The molecule has 1 aliphatic heterocycles. The Morgan fingerprint density at radius 1 is 1.19 bits per heavy atom. The molecule has 1 unspecified atom stereocenters. The van der Waals surface area contributed by atoms with Gasteiger partial charge in [-0.25, -0.2) is 4.98 Å². The van der Waals surface area contributed by atoms with Gasteiger partial charge in [0.1, 0.15) is 12.3 Å². The Morgan fingerprint density at radius 2 is 2.00 bits per heavy atom. The summed E-state index contributed by atoms with van der Waals surface area (Å²) in [7, 11) is 0. The number of nitrogens with zero attached hydrogens (tertiary/aromatic N) is 2. The molecular weight excluding hydrogens is 410 g/mol. The van der Waals surface area contributed by atoms with Crippen molar-refractivity contribution >= 4 is 34.5 Å². The van der Waals surface area contributed by atoms with E-state index in [1.807, 2.05) is 69.5 Å². The monoisotopic (exact) mass is 435 g/mol. The van der Waals surface area contributed by atoms with E-state index >= 15 is 0 Å². The van der Waals surface area contributed by atoms with E-state index in [4.69, 9.17) is 4.74 Å². The molecule has 0 fully saturated rings. The second-order valence-corrected chi connectivity index (χ2v) is 8.80. The van der Waals surface area contributed by atoms with Gasteiger partial charge in [0, 0.05) is 16.6 Å². The number of anilines is 2. The van der Waals surface area contributed by atoms with Gasteiger partial charge in [-0.1, -0.05) is 24.6 Å². The molecule has 2 amide bonds. The lowest BCUT2D eigenvalue weighted by Crippen LogP contribution is -2.48. The maximum Gasteiger partial charge on any atom is 0.268 e. The van der Waals surface area contributed by atoms with Gasteiger partial charge < -0.3 is 10.1 Å². The van der Waals surface area contributed by atoms with E-state index in [2.05, 4.69) is 10.3 Å². The Morgan fingerprint density at radius 3 is 2.68 bits per heavy atom. The zero-order valence-electron chi connectivity index (χ0n) is 18.1. The standard InChI is InChI=1S/C24H25N3O3S/c1-5-21-24(29)27(12-23(28)26-18-8-6-14(2)10-15(18)3)20-11-17(7-9-22(20)30-21)19-13-31-16(4)25-19/h6-11,13,21H,5,12H2,1-4H3,(H,26,28). The summed E-state index contributed by atoms with van der Waals surface area (Å²) in [4.78, 5) is 32.0. The van der Waals surface area contributed by atoms with Crippen molar-refractivity contribution in [1.82, 2.24) is 4.98 Å². The molecule has 6 nitrogen and oxygen atoms in total. The smallest absolute Gasteiger partial charge is 0.268 e. The molecule has 0 spiro atoms. The Balaban J connectivity index is 1.64. The number of carbonyl (C=O) groups excluding carboxylic acids is 2. The second-order valence-electron chi connectivity index (χ2n) is 7.74. The molecule has 1 aromatic heterocycles. The number of ether oxygens (including phenoxy) is 1. The number of hydrogen-bond donors (Lipinski definition) is 1. The average molecular weight is 436 g/mol. The highest BCUT2D eigenvalue weighted by atomic mass is 32.1. The summed E-state index contributed by atoms with van der Waals surface area (Å²) in [6.07, 6.45) is -0.0747. The quantitative estimate of drug-likeness (QED) is 0.620. The maximum absolute atomic E-state index is 13.1. The molecule has 0 bridgehead atoms. The van der Waals surface area contributed by atoms with Crippen LogP contribution < -0.4 is 15.0 Å². The zero-order valence-corrected chi connectivity index (χ0v) is 18.9. The van der Waals surface area contributed by atoms with Crippen LogP contribution >= 0.6 is 11.3 Å². The minimum absolute atomic E-state index is 0.0848. The number of hydrogen-bond acceptors (Lipinski definition) is 5. The highest BCUT2D eigenvalue weighted by molar-refractivity contribution is 7.09. The Bertz CT molecular complexity index is 1150. The topological polar surface area (TPSA) is 71.5 Å². The Labute approximate surface area is 185 Å². The maximum atomic E-state index is 13.1. The van der Waals surface area contributed by atoms with Crippen LogP contribution in [-0.2, 0) is 9.59 Å². The predicted octanol–water partition coefficient (Wildman–Crippen LogP) is 4.88. The van der Waals surface area contributed by atoms with E-state index in [9.17, 15) is 9.59 Å². The average Bonchev–Trinajstić information content (AvgIpc) is 3.18. The third kappa shape index (κ3) is 4.32. The molecule has 4 rings (SSSR count). The van der Waals surface area contributed by atoms with Crippen LogP contribution in [0, 0.1) is 20.8 Å². The second kappa shape index (κ2) is 8.51. The van der Waals surface area contributed by atoms with Gasteiger partial charge in [-0.2, -0.15) is 0 Å². The third-order valence-electron chi connectivity index (χ3n) is 5.30. The van der Waals surface area contributed by atoms with Crippen LogP contribution in [0.5, 0.6) is 5.75 Å². The largest absolute Gasteiger partial charge is 0.478 e. The number of rotatable bonds is 5. The van der Waals surface area contributed by atoms with Crippen molar-refractivity contribution in [3.05, 3.63) is 57.9 Å². The summed E-state index contributed by atoms with van der Waals surface area (Å²) < 4.78 is 5.91. The SMILES string of the molecule is CCC1Oc2ccc(-c3csc(C)n3)cc2N(CC(=O)Nc2ccc(C)cc2C)C1=O. The molecule has 2 aromatic carbocycles. The zero-order chi connectivity index (χ0) is 22.1. The number of nitrogens with one attached hydrogen (secondary N) is 1. The number of fused-ring (bicyclic) bond motifs is 1. The number of carbonyl (C=O) groups is 2. The van der Waals surface area contributed by atoms with Crippen LogP contribution in [-0.4, -0.2) is 29.4 Å². The van der Waals surface area contributed by atoms with E-state index in [0.29, 0.717) is 17.9 Å². The molecule has 1 aliphatic rings. The van der Waals surface area contributed by atoms with Crippen LogP contribution in [0.1, 0.15) is 29.5 Å². The van der Waals surface area contributed by atoms with E-state index in [0.717, 1.165) is 33.1 Å². The first-order valence-electron chi connectivity index (χ1n) is 10.3. The molecule has 160 valence electrons. The van der Waals surface area contributed by atoms with Gasteiger partial charge in [0.05, 0.1) is 16.4 Å². The summed E-state index contributed by atoms with van der Waals surface area (Å²) in [6, 6.07) is 11.5.